The van der Waals surface area contributed by atoms with E-state index in [4.69, 9.17) is 9.52 Å². The molecule has 1 heterocycles. The summed E-state index contributed by atoms with van der Waals surface area (Å²) in [6.45, 7) is 1.58. The van der Waals surface area contributed by atoms with Gasteiger partial charge in [-0.1, -0.05) is 42.5 Å². The van der Waals surface area contributed by atoms with Crippen LogP contribution in [0.1, 0.15) is 16.9 Å². The molecule has 0 unspecified atom stereocenters. The van der Waals surface area contributed by atoms with Crippen molar-refractivity contribution < 1.29 is 9.52 Å². The fourth-order valence-electron chi connectivity index (χ4n) is 2.22. The van der Waals surface area contributed by atoms with Crippen molar-refractivity contribution in [2.75, 3.05) is 0 Å². The summed E-state index contributed by atoms with van der Waals surface area (Å²) in [5, 5.41) is 13.5. The molecule has 0 atom stereocenters. The number of para-hydroxylation sites is 1. The number of furan rings is 1. The van der Waals surface area contributed by atoms with Gasteiger partial charge in [-0.15, -0.1) is 0 Å². The largest absolute Gasteiger partial charge is 0.460 e. The molecule has 3 rings (SSSR count). The predicted octanol–water partition coefficient (Wildman–Crippen LogP) is 3.21. The van der Waals surface area contributed by atoms with Crippen LogP contribution in [0.4, 0.5) is 0 Å². The third-order valence-corrected chi connectivity index (χ3v) is 3.31. The van der Waals surface area contributed by atoms with Gasteiger partial charge in [0.05, 0.1) is 13.2 Å². The molecule has 0 amide bonds. The van der Waals surface area contributed by atoms with E-state index >= 15 is 0 Å². The van der Waals surface area contributed by atoms with Gasteiger partial charge in [-0.2, -0.15) is 0 Å². The quantitative estimate of drug-likeness (QED) is 0.746. The molecule has 3 aromatic rings. The molecule has 0 bridgehead atoms. The van der Waals surface area contributed by atoms with E-state index in [-0.39, 0.29) is 6.61 Å². The Morgan fingerprint density at radius 1 is 0.900 bits per heavy atom. The Morgan fingerprint density at radius 3 is 2.40 bits per heavy atom. The van der Waals surface area contributed by atoms with Crippen LogP contribution in [0.25, 0.3) is 11.0 Å². The van der Waals surface area contributed by atoms with Crippen LogP contribution in [0.5, 0.6) is 0 Å². The van der Waals surface area contributed by atoms with Gasteiger partial charge < -0.3 is 14.8 Å². The highest BCUT2D eigenvalue weighted by Crippen LogP contribution is 2.18. The number of nitrogens with one attached hydrogen (secondary N) is 1. The SMILES string of the molecule is OCc1ccc(CNCc2cc3ccccc3o2)cc1. The van der Waals surface area contributed by atoms with Gasteiger partial charge in [0.25, 0.3) is 0 Å². The monoisotopic (exact) mass is 267 g/mol. The van der Waals surface area contributed by atoms with Gasteiger partial charge >= 0.3 is 0 Å². The summed E-state index contributed by atoms with van der Waals surface area (Å²) in [5.41, 5.74) is 3.06. The summed E-state index contributed by atoms with van der Waals surface area (Å²) in [5.74, 6) is 0.943. The van der Waals surface area contributed by atoms with Crippen LogP contribution in [0.3, 0.4) is 0 Å². The molecular formula is C17H17NO2. The van der Waals surface area contributed by atoms with Gasteiger partial charge in [0.1, 0.15) is 11.3 Å². The van der Waals surface area contributed by atoms with Crippen molar-refractivity contribution in [3.8, 4) is 0 Å². The molecular weight excluding hydrogens is 250 g/mol. The van der Waals surface area contributed by atoms with Crippen LogP contribution in [-0.2, 0) is 19.7 Å². The first-order valence-electron chi connectivity index (χ1n) is 6.72. The minimum absolute atomic E-state index is 0.0900. The number of hydrogen-bond donors (Lipinski definition) is 2. The zero-order valence-corrected chi connectivity index (χ0v) is 11.2. The normalized spacial score (nSPS) is 11.1. The highest BCUT2D eigenvalue weighted by Gasteiger charge is 2.02. The van der Waals surface area contributed by atoms with Crippen molar-refractivity contribution in [3.63, 3.8) is 0 Å². The molecule has 1 aromatic heterocycles. The molecule has 3 nitrogen and oxygen atoms in total. The standard InChI is InChI=1S/C17H17NO2/c19-12-14-7-5-13(6-8-14)10-18-11-16-9-15-3-1-2-4-17(15)20-16/h1-9,18-19H,10-12H2. The van der Waals surface area contributed by atoms with E-state index in [2.05, 4.69) is 17.4 Å². The first-order chi connectivity index (χ1) is 9.85. The van der Waals surface area contributed by atoms with E-state index in [1.165, 1.54) is 5.56 Å². The molecule has 0 aliphatic rings. The van der Waals surface area contributed by atoms with Crippen molar-refractivity contribution in [2.45, 2.75) is 19.7 Å². The zero-order valence-electron chi connectivity index (χ0n) is 11.2. The van der Waals surface area contributed by atoms with E-state index in [1.54, 1.807) is 0 Å². The first kappa shape index (κ1) is 12.9. The molecule has 102 valence electrons. The van der Waals surface area contributed by atoms with E-state index in [9.17, 15) is 0 Å². The van der Waals surface area contributed by atoms with Gasteiger partial charge in [-0.25, -0.2) is 0 Å². The van der Waals surface area contributed by atoms with Gasteiger partial charge in [0, 0.05) is 11.9 Å². The lowest BCUT2D eigenvalue weighted by atomic mass is 10.1. The van der Waals surface area contributed by atoms with E-state index in [0.29, 0.717) is 6.54 Å². The number of rotatable bonds is 5. The maximum Gasteiger partial charge on any atom is 0.134 e. The van der Waals surface area contributed by atoms with Crippen molar-refractivity contribution in [3.05, 3.63) is 71.5 Å². The van der Waals surface area contributed by atoms with E-state index < -0.39 is 0 Å². The second-order valence-electron chi connectivity index (χ2n) is 4.83. The molecule has 0 saturated carbocycles. The topological polar surface area (TPSA) is 45.4 Å². The summed E-state index contributed by atoms with van der Waals surface area (Å²) < 4.78 is 5.75. The Hall–Kier alpha value is -2.10. The smallest absolute Gasteiger partial charge is 0.134 e. The molecule has 2 N–H and O–H groups in total. The number of fused-ring (bicyclic) bond motifs is 1. The lowest BCUT2D eigenvalue weighted by Gasteiger charge is -2.04. The molecule has 0 spiro atoms. The first-order valence-corrected chi connectivity index (χ1v) is 6.72. The Bertz CT molecular complexity index is 653. The summed E-state index contributed by atoms with van der Waals surface area (Å²) in [7, 11) is 0. The molecule has 0 aliphatic heterocycles. The van der Waals surface area contributed by atoms with E-state index in [0.717, 1.165) is 28.8 Å². The molecule has 0 radical (unpaired) electrons. The van der Waals surface area contributed by atoms with Crippen molar-refractivity contribution in [1.29, 1.82) is 0 Å². The Kier molecular flexibility index (Phi) is 3.81. The summed E-state index contributed by atoms with van der Waals surface area (Å²) in [6.07, 6.45) is 0. The van der Waals surface area contributed by atoms with Gasteiger partial charge in [0.2, 0.25) is 0 Å². The number of hydrogen-bond acceptors (Lipinski definition) is 3. The van der Waals surface area contributed by atoms with Gasteiger partial charge in [-0.05, 0) is 23.3 Å². The highest BCUT2D eigenvalue weighted by molar-refractivity contribution is 5.77. The third kappa shape index (κ3) is 2.90. The van der Waals surface area contributed by atoms with Crippen LogP contribution in [-0.4, -0.2) is 5.11 Å². The Balaban J connectivity index is 1.58. The van der Waals surface area contributed by atoms with Crippen molar-refractivity contribution >= 4 is 11.0 Å². The minimum Gasteiger partial charge on any atom is -0.460 e. The molecule has 2 aromatic carbocycles. The zero-order chi connectivity index (χ0) is 13.8. The average molecular weight is 267 g/mol. The second-order valence-corrected chi connectivity index (χ2v) is 4.83. The van der Waals surface area contributed by atoms with Crippen LogP contribution in [0.15, 0.2) is 59.0 Å². The molecule has 0 fully saturated rings. The fourth-order valence-corrected chi connectivity index (χ4v) is 2.22. The van der Waals surface area contributed by atoms with Crippen molar-refractivity contribution in [1.82, 2.24) is 5.32 Å². The molecule has 0 aliphatic carbocycles. The van der Waals surface area contributed by atoms with Crippen LogP contribution >= 0.6 is 0 Å². The summed E-state index contributed by atoms with van der Waals surface area (Å²) >= 11 is 0. The Morgan fingerprint density at radius 2 is 1.65 bits per heavy atom. The maximum atomic E-state index is 8.99. The van der Waals surface area contributed by atoms with Crippen LogP contribution < -0.4 is 5.32 Å². The predicted molar refractivity (Wildman–Crippen MR) is 79.1 cm³/mol. The average Bonchev–Trinajstić information content (AvgIpc) is 2.90. The minimum atomic E-state index is 0.0900. The number of aliphatic hydroxyl groups excluding tert-OH is 1. The number of benzene rings is 2. The number of aliphatic hydroxyl groups is 1. The maximum absolute atomic E-state index is 8.99. The lowest BCUT2D eigenvalue weighted by Crippen LogP contribution is -2.12. The lowest BCUT2D eigenvalue weighted by molar-refractivity contribution is 0.282. The van der Waals surface area contributed by atoms with Crippen molar-refractivity contribution in [2.24, 2.45) is 0 Å². The van der Waals surface area contributed by atoms with Gasteiger partial charge in [-0.3, -0.25) is 0 Å². The third-order valence-electron chi connectivity index (χ3n) is 3.31. The summed E-state index contributed by atoms with van der Waals surface area (Å²) in [6, 6.07) is 18.0. The summed E-state index contributed by atoms with van der Waals surface area (Å²) in [4.78, 5) is 0. The van der Waals surface area contributed by atoms with Crippen LogP contribution in [0, 0.1) is 0 Å². The second kappa shape index (κ2) is 5.90. The molecule has 0 saturated heterocycles. The Labute approximate surface area is 117 Å². The van der Waals surface area contributed by atoms with E-state index in [1.807, 2.05) is 42.5 Å². The molecule has 3 heteroatoms. The molecule has 20 heavy (non-hydrogen) atoms. The highest BCUT2D eigenvalue weighted by atomic mass is 16.3. The fraction of sp³-hybridized carbons (Fsp3) is 0.176. The van der Waals surface area contributed by atoms with Crippen LogP contribution in [0.2, 0.25) is 0 Å². The van der Waals surface area contributed by atoms with Gasteiger partial charge in [0.15, 0.2) is 0 Å².